The number of hydrogen-bond acceptors (Lipinski definition) is 1. The van der Waals surface area contributed by atoms with Gasteiger partial charge in [-0.1, -0.05) is 22.0 Å². The summed E-state index contributed by atoms with van der Waals surface area (Å²) in [4.78, 5) is 0. The zero-order chi connectivity index (χ0) is 15.7. The number of hydrogen-bond donors (Lipinski definition) is 1. The third-order valence-corrected chi connectivity index (χ3v) is 4.99. The van der Waals surface area contributed by atoms with E-state index in [-0.39, 0.29) is 11.9 Å². The molecule has 0 heterocycles. The number of aryl methyl sites for hydroxylation is 2. The van der Waals surface area contributed by atoms with Gasteiger partial charge in [-0.3, -0.25) is 0 Å². The highest BCUT2D eigenvalue weighted by Gasteiger charge is 2.21. The topological polar surface area (TPSA) is 12.0 Å². The second-order valence-corrected chi connectivity index (χ2v) is 6.42. The first kappa shape index (κ1) is 16.2. The van der Waals surface area contributed by atoms with Gasteiger partial charge < -0.3 is 5.32 Å². The van der Waals surface area contributed by atoms with Crippen molar-refractivity contribution in [2.75, 3.05) is 7.05 Å². The second kappa shape index (κ2) is 6.29. The van der Waals surface area contributed by atoms with Crippen LogP contribution in [0.5, 0.6) is 0 Å². The van der Waals surface area contributed by atoms with E-state index >= 15 is 0 Å². The highest BCUT2D eigenvalue weighted by molar-refractivity contribution is 9.10. The Labute approximate surface area is 134 Å². The van der Waals surface area contributed by atoms with Crippen molar-refractivity contribution in [3.05, 3.63) is 67.9 Å². The van der Waals surface area contributed by atoms with Crippen molar-refractivity contribution in [3.63, 3.8) is 0 Å². The van der Waals surface area contributed by atoms with Crippen molar-refractivity contribution >= 4 is 15.9 Å². The van der Waals surface area contributed by atoms with E-state index in [1.165, 1.54) is 33.9 Å². The smallest absolute Gasteiger partial charge is 0.123 e. The van der Waals surface area contributed by atoms with Crippen molar-refractivity contribution in [3.8, 4) is 0 Å². The van der Waals surface area contributed by atoms with Crippen LogP contribution in [-0.2, 0) is 0 Å². The van der Waals surface area contributed by atoms with E-state index < -0.39 is 0 Å². The minimum atomic E-state index is -0.215. The van der Waals surface area contributed by atoms with E-state index in [4.69, 9.17) is 0 Å². The molecule has 0 saturated carbocycles. The lowest BCUT2D eigenvalue weighted by molar-refractivity contribution is 0.614. The summed E-state index contributed by atoms with van der Waals surface area (Å²) in [5, 5.41) is 3.34. The average Bonchev–Trinajstić information content (AvgIpc) is 2.44. The monoisotopic (exact) mass is 349 g/mol. The van der Waals surface area contributed by atoms with E-state index in [1.54, 1.807) is 12.1 Å². The molecule has 21 heavy (non-hydrogen) atoms. The first-order valence-corrected chi connectivity index (χ1v) is 7.85. The van der Waals surface area contributed by atoms with Crippen molar-refractivity contribution < 1.29 is 4.39 Å². The van der Waals surface area contributed by atoms with Gasteiger partial charge in [-0.2, -0.15) is 0 Å². The maximum Gasteiger partial charge on any atom is 0.123 e. The van der Waals surface area contributed by atoms with Gasteiger partial charge in [0.15, 0.2) is 0 Å². The fraction of sp³-hybridized carbons (Fsp3) is 0.333. The first-order valence-electron chi connectivity index (χ1n) is 7.06. The highest BCUT2D eigenvalue weighted by Crippen LogP contribution is 2.34. The Kier molecular flexibility index (Phi) is 4.84. The Bertz CT molecular complexity index is 653. The van der Waals surface area contributed by atoms with Crippen LogP contribution in [0.15, 0.2) is 28.7 Å². The van der Waals surface area contributed by atoms with Crippen LogP contribution < -0.4 is 5.32 Å². The van der Waals surface area contributed by atoms with Gasteiger partial charge in [-0.25, -0.2) is 4.39 Å². The van der Waals surface area contributed by atoms with E-state index in [0.29, 0.717) is 0 Å². The van der Waals surface area contributed by atoms with Gasteiger partial charge in [0.1, 0.15) is 5.82 Å². The van der Waals surface area contributed by atoms with Crippen LogP contribution in [0.2, 0.25) is 0 Å². The van der Waals surface area contributed by atoms with Gasteiger partial charge in [0.2, 0.25) is 0 Å². The summed E-state index contributed by atoms with van der Waals surface area (Å²) in [5.41, 5.74) is 7.21. The molecule has 0 aliphatic heterocycles. The SMILES string of the molecule is CNC(c1cc(F)ccc1Br)c1c(C)c(C)cc(C)c1C. The van der Waals surface area contributed by atoms with E-state index in [2.05, 4.69) is 55.0 Å². The molecule has 2 rings (SSSR count). The van der Waals surface area contributed by atoms with Crippen LogP contribution >= 0.6 is 15.9 Å². The lowest BCUT2D eigenvalue weighted by Crippen LogP contribution is -2.21. The van der Waals surface area contributed by atoms with Crippen molar-refractivity contribution in [2.45, 2.75) is 33.7 Å². The van der Waals surface area contributed by atoms with Crippen LogP contribution in [0.25, 0.3) is 0 Å². The van der Waals surface area contributed by atoms with Gasteiger partial charge >= 0.3 is 0 Å². The Morgan fingerprint density at radius 1 is 1.00 bits per heavy atom. The fourth-order valence-corrected chi connectivity index (χ4v) is 3.35. The van der Waals surface area contributed by atoms with Gasteiger partial charge in [0.25, 0.3) is 0 Å². The molecule has 1 atom stereocenters. The minimum Gasteiger partial charge on any atom is -0.309 e. The van der Waals surface area contributed by atoms with Crippen LogP contribution in [0.4, 0.5) is 4.39 Å². The molecule has 1 nitrogen and oxygen atoms in total. The molecule has 2 aromatic rings. The summed E-state index contributed by atoms with van der Waals surface area (Å²) in [6.07, 6.45) is 0. The molecule has 0 saturated heterocycles. The number of nitrogens with one attached hydrogen (secondary N) is 1. The van der Waals surface area contributed by atoms with Crippen LogP contribution in [-0.4, -0.2) is 7.05 Å². The molecule has 3 heteroatoms. The first-order chi connectivity index (χ1) is 9.86. The molecule has 1 N–H and O–H groups in total. The lowest BCUT2D eigenvalue weighted by Gasteiger charge is -2.25. The molecule has 1 unspecified atom stereocenters. The second-order valence-electron chi connectivity index (χ2n) is 5.56. The predicted octanol–water partition coefficient (Wildman–Crippen LogP) is 5.13. The van der Waals surface area contributed by atoms with Crippen molar-refractivity contribution in [2.24, 2.45) is 0 Å². The minimum absolute atomic E-state index is 0.0336. The van der Waals surface area contributed by atoms with Crippen LogP contribution in [0.3, 0.4) is 0 Å². The third-order valence-electron chi connectivity index (χ3n) is 4.27. The number of rotatable bonds is 3. The molecule has 0 aliphatic rings. The zero-order valence-electron chi connectivity index (χ0n) is 13.1. The third kappa shape index (κ3) is 3.04. The van der Waals surface area contributed by atoms with E-state index in [9.17, 15) is 4.39 Å². The Morgan fingerprint density at radius 2 is 1.57 bits per heavy atom. The molecule has 0 bridgehead atoms. The predicted molar refractivity (Wildman–Crippen MR) is 90.4 cm³/mol. The molecule has 0 spiro atoms. The van der Waals surface area contributed by atoms with Gasteiger partial charge in [-0.05, 0) is 86.3 Å². The molecule has 0 fully saturated rings. The summed E-state index contributed by atoms with van der Waals surface area (Å²) in [5.74, 6) is -0.215. The molecular formula is C18H21BrFN. The fourth-order valence-electron chi connectivity index (χ4n) is 2.87. The molecule has 0 radical (unpaired) electrons. The van der Waals surface area contributed by atoms with E-state index in [1.807, 2.05) is 7.05 Å². The Morgan fingerprint density at radius 3 is 2.10 bits per heavy atom. The maximum absolute atomic E-state index is 13.7. The summed E-state index contributed by atoms with van der Waals surface area (Å²) in [6, 6.07) is 7.02. The van der Waals surface area contributed by atoms with E-state index in [0.717, 1.165) is 10.0 Å². The number of benzene rings is 2. The normalized spacial score (nSPS) is 12.5. The maximum atomic E-state index is 13.7. The lowest BCUT2D eigenvalue weighted by atomic mass is 9.87. The van der Waals surface area contributed by atoms with Crippen molar-refractivity contribution in [1.29, 1.82) is 0 Å². The standard InChI is InChI=1S/C18H21BrFN/c1-10-8-11(2)13(4)17(12(10)3)18(21-5)15-9-14(20)6-7-16(15)19/h6-9,18,21H,1-5H3. The molecule has 0 amide bonds. The van der Waals surface area contributed by atoms with Crippen molar-refractivity contribution in [1.82, 2.24) is 5.32 Å². The van der Waals surface area contributed by atoms with Crippen LogP contribution in [0, 0.1) is 33.5 Å². The molecular weight excluding hydrogens is 329 g/mol. The quantitative estimate of drug-likeness (QED) is 0.809. The van der Waals surface area contributed by atoms with Gasteiger partial charge in [0.05, 0.1) is 6.04 Å². The molecule has 0 aliphatic carbocycles. The highest BCUT2D eigenvalue weighted by atomic mass is 79.9. The van der Waals surface area contributed by atoms with Gasteiger partial charge in [0, 0.05) is 4.47 Å². The van der Waals surface area contributed by atoms with Gasteiger partial charge in [-0.15, -0.1) is 0 Å². The Balaban J connectivity index is 2.70. The zero-order valence-corrected chi connectivity index (χ0v) is 14.7. The number of halogens is 2. The average molecular weight is 350 g/mol. The Hall–Kier alpha value is -1.19. The summed E-state index contributed by atoms with van der Waals surface area (Å²) >= 11 is 3.55. The van der Waals surface area contributed by atoms with Crippen LogP contribution in [0.1, 0.15) is 39.4 Å². The summed E-state index contributed by atoms with van der Waals surface area (Å²) in [6.45, 7) is 8.51. The molecule has 2 aromatic carbocycles. The molecule has 0 aromatic heterocycles. The molecule has 112 valence electrons. The largest absolute Gasteiger partial charge is 0.309 e. The summed E-state index contributed by atoms with van der Waals surface area (Å²) < 4.78 is 14.6. The summed E-state index contributed by atoms with van der Waals surface area (Å²) in [7, 11) is 1.92.